The molecule has 0 bridgehead atoms. The molecular formula is C17H13N5O3. The van der Waals surface area contributed by atoms with E-state index >= 15 is 0 Å². The summed E-state index contributed by atoms with van der Waals surface area (Å²) in [6.07, 6.45) is 1.58. The Morgan fingerprint density at radius 1 is 1.20 bits per heavy atom. The van der Waals surface area contributed by atoms with Crippen molar-refractivity contribution < 1.29 is 14.3 Å². The van der Waals surface area contributed by atoms with Crippen molar-refractivity contribution >= 4 is 5.97 Å². The van der Waals surface area contributed by atoms with Gasteiger partial charge >= 0.3 is 5.97 Å². The van der Waals surface area contributed by atoms with Gasteiger partial charge in [-0.1, -0.05) is 12.1 Å². The van der Waals surface area contributed by atoms with Gasteiger partial charge in [0.05, 0.1) is 30.9 Å². The Morgan fingerprint density at radius 2 is 2.00 bits per heavy atom. The smallest absolute Gasteiger partial charge is 0.315 e. The van der Waals surface area contributed by atoms with E-state index in [1.165, 1.54) is 30.3 Å². The highest BCUT2D eigenvalue weighted by molar-refractivity contribution is 5.76. The van der Waals surface area contributed by atoms with Crippen LogP contribution in [0.25, 0.3) is 5.69 Å². The minimum Gasteiger partial charge on any atom is -0.493 e. The summed E-state index contributed by atoms with van der Waals surface area (Å²) >= 11 is 0. The van der Waals surface area contributed by atoms with Crippen LogP contribution in [-0.4, -0.2) is 33.3 Å². The molecule has 2 aromatic carbocycles. The molecular weight excluding hydrogens is 322 g/mol. The number of ether oxygens (including phenoxy) is 2. The minimum absolute atomic E-state index is 0.0963. The molecule has 0 saturated heterocycles. The molecule has 0 amide bonds. The van der Waals surface area contributed by atoms with Crippen LogP contribution in [0.3, 0.4) is 0 Å². The maximum atomic E-state index is 12.1. The third-order valence-corrected chi connectivity index (χ3v) is 3.41. The summed E-state index contributed by atoms with van der Waals surface area (Å²) in [5.74, 6) is 0.177. The third kappa shape index (κ3) is 3.79. The standard InChI is InChI=1S/C17H13N5O3/c1-24-16-8-13(10-18)4-7-15(16)25-17(23)9-12-2-5-14(6-3-12)22-11-19-20-21-22/h2-8,11H,9H2,1H3. The van der Waals surface area contributed by atoms with E-state index in [9.17, 15) is 4.79 Å². The van der Waals surface area contributed by atoms with Crippen LogP contribution in [0.15, 0.2) is 48.8 Å². The number of esters is 1. The molecule has 8 heteroatoms. The Morgan fingerprint density at radius 3 is 2.64 bits per heavy atom. The molecule has 0 aliphatic rings. The van der Waals surface area contributed by atoms with Gasteiger partial charge in [-0.25, -0.2) is 4.68 Å². The van der Waals surface area contributed by atoms with Crippen LogP contribution >= 0.6 is 0 Å². The molecule has 3 rings (SSSR count). The summed E-state index contributed by atoms with van der Waals surface area (Å²) in [5.41, 5.74) is 2.00. The zero-order valence-electron chi connectivity index (χ0n) is 13.3. The number of benzene rings is 2. The molecule has 1 heterocycles. The van der Waals surface area contributed by atoms with Crippen molar-refractivity contribution in [3.05, 3.63) is 59.9 Å². The fraction of sp³-hybridized carbons (Fsp3) is 0.118. The third-order valence-electron chi connectivity index (χ3n) is 3.41. The Kier molecular flexibility index (Phi) is 4.67. The second-order valence-electron chi connectivity index (χ2n) is 5.05. The number of aromatic nitrogens is 4. The Balaban J connectivity index is 1.68. The maximum Gasteiger partial charge on any atom is 0.315 e. The van der Waals surface area contributed by atoms with Crippen molar-refractivity contribution in [2.45, 2.75) is 6.42 Å². The lowest BCUT2D eigenvalue weighted by molar-refractivity contribution is -0.133. The first-order valence-corrected chi connectivity index (χ1v) is 7.30. The van der Waals surface area contributed by atoms with E-state index in [2.05, 4.69) is 15.5 Å². The second-order valence-corrected chi connectivity index (χ2v) is 5.05. The summed E-state index contributed by atoms with van der Waals surface area (Å²) in [6, 6.07) is 13.8. The highest BCUT2D eigenvalue weighted by Gasteiger charge is 2.12. The van der Waals surface area contributed by atoms with Gasteiger partial charge in [-0.3, -0.25) is 4.79 Å². The zero-order chi connectivity index (χ0) is 17.6. The van der Waals surface area contributed by atoms with Crippen molar-refractivity contribution in [3.8, 4) is 23.3 Å². The van der Waals surface area contributed by atoms with Crippen LogP contribution in [0.1, 0.15) is 11.1 Å². The molecule has 8 nitrogen and oxygen atoms in total. The van der Waals surface area contributed by atoms with Crippen molar-refractivity contribution in [3.63, 3.8) is 0 Å². The SMILES string of the molecule is COc1cc(C#N)ccc1OC(=O)Cc1ccc(-n2cnnn2)cc1. The number of nitrogens with zero attached hydrogens (tertiary/aromatic N) is 5. The first kappa shape index (κ1) is 16.1. The average molecular weight is 335 g/mol. The number of carbonyl (C=O) groups excluding carboxylic acids is 1. The molecule has 0 N–H and O–H groups in total. The monoisotopic (exact) mass is 335 g/mol. The lowest BCUT2D eigenvalue weighted by Crippen LogP contribution is -2.12. The van der Waals surface area contributed by atoms with Crippen molar-refractivity contribution in [2.24, 2.45) is 0 Å². The maximum absolute atomic E-state index is 12.1. The molecule has 0 radical (unpaired) electrons. The van der Waals surface area contributed by atoms with Crippen LogP contribution in [0.4, 0.5) is 0 Å². The Hall–Kier alpha value is -3.73. The van der Waals surface area contributed by atoms with E-state index in [1.54, 1.807) is 30.3 Å². The molecule has 124 valence electrons. The molecule has 0 aliphatic carbocycles. The van der Waals surface area contributed by atoms with Gasteiger partial charge in [0.2, 0.25) is 0 Å². The summed E-state index contributed by atoms with van der Waals surface area (Å²) in [4.78, 5) is 12.1. The molecule has 0 spiro atoms. The van der Waals surface area contributed by atoms with Crippen LogP contribution in [0.2, 0.25) is 0 Å². The van der Waals surface area contributed by atoms with Gasteiger partial charge in [0.15, 0.2) is 11.5 Å². The first-order valence-electron chi connectivity index (χ1n) is 7.30. The van der Waals surface area contributed by atoms with Gasteiger partial charge in [-0.15, -0.1) is 5.10 Å². The highest BCUT2D eigenvalue weighted by Crippen LogP contribution is 2.28. The van der Waals surface area contributed by atoms with Crippen LogP contribution in [0.5, 0.6) is 11.5 Å². The quantitative estimate of drug-likeness (QED) is 0.516. The van der Waals surface area contributed by atoms with Crippen molar-refractivity contribution in [2.75, 3.05) is 7.11 Å². The minimum atomic E-state index is -0.432. The van der Waals surface area contributed by atoms with E-state index in [0.29, 0.717) is 11.3 Å². The number of hydrogen-bond acceptors (Lipinski definition) is 7. The normalized spacial score (nSPS) is 10.1. The topological polar surface area (TPSA) is 103 Å². The molecule has 0 aliphatic heterocycles. The number of rotatable bonds is 5. The number of nitriles is 1. The molecule has 0 fully saturated rings. The first-order chi connectivity index (χ1) is 12.2. The number of hydrogen-bond donors (Lipinski definition) is 0. The Labute approximate surface area is 143 Å². The van der Waals surface area contributed by atoms with E-state index < -0.39 is 5.97 Å². The second kappa shape index (κ2) is 7.23. The highest BCUT2D eigenvalue weighted by atomic mass is 16.6. The van der Waals surface area contributed by atoms with Crippen LogP contribution in [-0.2, 0) is 11.2 Å². The van der Waals surface area contributed by atoms with Gasteiger partial charge < -0.3 is 9.47 Å². The number of carbonyl (C=O) groups is 1. The number of tetrazole rings is 1. The molecule has 1 aromatic heterocycles. The largest absolute Gasteiger partial charge is 0.493 e. The van der Waals surface area contributed by atoms with E-state index in [1.807, 2.05) is 6.07 Å². The van der Waals surface area contributed by atoms with Crippen LogP contribution < -0.4 is 9.47 Å². The molecule has 3 aromatic rings. The Bertz CT molecular complexity index is 914. The van der Waals surface area contributed by atoms with E-state index in [0.717, 1.165) is 11.3 Å². The average Bonchev–Trinajstić information content (AvgIpc) is 3.17. The van der Waals surface area contributed by atoms with Crippen molar-refractivity contribution in [1.82, 2.24) is 20.2 Å². The summed E-state index contributed by atoms with van der Waals surface area (Å²) in [7, 11) is 1.45. The molecule has 0 atom stereocenters. The van der Waals surface area contributed by atoms with Gasteiger partial charge in [-0.05, 0) is 40.3 Å². The van der Waals surface area contributed by atoms with Gasteiger partial charge in [0.1, 0.15) is 6.33 Å². The lowest BCUT2D eigenvalue weighted by atomic mass is 10.1. The van der Waals surface area contributed by atoms with E-state index in [4.69, 9.17) is 14.7 Å². The molecule has 0 unspecified atom stereocenters. The van der Waals surface area contributed by atoms with Gasteiger partial charge in [0, 0.05) is 6.07 Å². The fourth-order valence-corrected chi connectivity index (χ4v) is 2.19. The fourth-order valence-electron chi connectivity index (χ4n) is 2.19. The van der Waals surface area contributed by atoms with Crippen molar-refractivity contribution in [1.29, 1.82) is 5.26 Å². The predicted molar refractivity (Wildman–Crippen MR) is 86.2 cm³/mol. The molecule has 0 saturated carbocycles. The van der Waals surface area contributed by atoms with E-state index in [-0.39, 0.29) is 12.2 Å². The summed E-state index contributed by atoms with van der Waals surface area (Å²) < 4.78 is 12.0. The summed E-state index contributed by atoms with van der Waals surface area (Å²) in [5, 5.41) is 19.8. The van der Waals surface area contributed by atoms with Crippen LogP contribution in [0, 0.1) is 11.3 Å². The van der Waals surface area contributed by atoms with Gasteiger partial charge in [0.25, 0.3) is 0 Å². The predicted octanol–water partition coefficient (Wildman–Crippen LogP) is 1.69. The number of methoxy groups -OCH3 is 1. The summed E-state index contributed by atoms with van der Waals surface area (Å²) in [6.45, 7) is 0. The zero-order valence-corrected chi connectivity index (χ0v) is 13.3. The molecule has 25 heavy (non-hydrogen) atoms. The van der Waals surface area contributed by atoms with Gasteiger partial charge in [-0.2, -0.15) is 5.26 Å². The lowest BCUT2D eigenvalue weighted by Gasteiger charge is -2.09.